The van der Waals surface area contributed by atoms with Crippen molar-refractivity contribution >= 4 is 23.4 Å². The number of nitrogens with one attached hydrogen (secondary N) is 1. The smallest absolute Gasteiger partial charge is 0.234 e. The summed E-state index contributed by atoms with van der Waals surface area (Å²) < 4.78 is 11.3. The molecule has 0 bridgehead atoms. The average Bonchev–Trinajstić information content (AvgIpc) is 2.64. The molecule has 2 rings (SSSR count). The van der Waals surface area contributed by atoms with E-state index in [0.29, 0.717) is 24.7 Å². The molecule has 0 unspecified atom stereocenters. The summed E-state index contributed by atoms with van der Waals surface area (Å²) in [5, 5.41) is 2.92. The third kappa shape index (κ3) is 7.00. The first-order chi connectivity index (χ1) is 12.7. The van der Waals surface area contributed by atoms with E-state index in [1.165, 1.54) is 0 Å². The molecule has 0 atom stereocenters. The standard InChI is InChI=1S/C21H27NO3S/c1-3-24-20-13-7-5-11-18(20)22-21(23)16-26-15-9-8-14-25-19-12-6-4-10-17(19)2/h4-7,10-13H,3,8-9,14-16H2,1-2H3,(H,22,23). The van der Waals surface area contributed by atoms with E-state index in [0.717, 1.165) is 35.6 Å². The Bertz CT molecular complexity index is 690. The number of hydrogen-bond acceptors (Lipinski definition) is 4. The number of aryl methyl sites for hydroxylation is 1. The van der Waals surface area contributed by atoms with Crippen LogP contribution in [0.15, 0.2) is 48.5 Å². The minimum Gasteiger partial charge on any atom is -0.493 e. The van der Waals surface area contributed by atoms with E-state index in [4.69, 9.17) is 9.47 Å². The van der Waals surface area contributed by atoms with Crippen molar-refractivity contribution in [2.24, 2.45) is 0 Å². The fraction of sp³-hybridized carbons (Fsp3) is 0.381. The maximum Gasteiger partial charge on any atom is 0.234 e. The van der Waals surface area contributed by atoms with Crippen molar-refractivity contribution in [2.45, 2.75) is 26.7 Å². The molecule has 0 spiro atoms. The molecule has 0 fully saturated rings. The van der Waals surface area contributed by atoms with Gasteiger partial charge in [0.25, 0.3) is 0 Å². The molecule has 0 saturated carbocycles. The lowest BCUT2D eigenvalue weighted by molar-refractivity contribution is -0.113. The number of rotatable bonds is 11. The highest BCUT2D eigenvalue weighted by atomic mass is 32.2. The van der Waals surface area contributed by atoms with Crippen LogP contribution in [0.2, 0.25) is 0 Å². The van der Waals surface area contributed by atoms with E-state index in [1.807, 2.05) is 62.4 Å². The first-order valence-electron chi connectivity index (χ1n) is 8.98. The Morgan fingerprint density at radius 2 is 1.73 bits per heavy atom. The van der Waals surface area contributed by atoms with Crippen molar-refractivity contribution in [3.05, 3.63) is 54.1 Å². The summed E-state index contributed by atoms with van der Waals surface area (Å²) in [5.41, 5.74) is 1.89. The lowest BCUT2D eigenvalue weighted by Crippen LogP contribution is -2.15. The van der Waals surface area contributed by atoms with E-state index in [2.05, 4.69) is 5.32 Å². The minimum absolute atomic E-state index is 0.00156. The van der Waals surface area contributed by atoms with Gasteiger partial charge in [-0.05, 0) is 56.2 Å². The largest absolute Gasteiger partial charge is 0.493 e. The number of amides is 1. The van der Waals surface area contributed by atoms with Crippen molar-refractivity contribution in [2.75, 3.05) is 30.0 Å². The molecule has 1 N–H and O–H groups in total. The van der Waals surface area contributed by atoms with E-state index in [-0.39, 0.29) is 5.91 Å². The van der Waals surface area contributed by atoms with Crippen LogP contribution >= 0.6 is 11.8 Å². The topological polar surface area (TPSA) is 47.6 Å². The Kier molecular flexibility index (Phi) is 8.90. The number of ether oxygens (including phenoxy) is 2. The molecular formula is C21H27NO3S. The molecule has 0 aliphatic rings. The summed E-state index contributed by atoms with van der Waals surface area (Å²) in [6.45, 7) is 5.26. The summed E-state index contributed by atoms with van der Waals surface area (Å²) in [7, 11) is 0. The van der Waals surface area contributed by atoms with Gasteiger partial charge in [-0.3, -0.25) is 4.79 Å². The second kappa shape index (κ2) is 11.5. The molecule has 2 aromatic rings. The highest BCUT2D eigenvalue weighted by Gasteiger charge is 2.07. The van der Waals surface area contributed by atoms with Crippen LogP contribution in [0.25, 0.3) is 0 Å². The van der Waals surface area contributed by atoms with Crippen LogP contribution < -0.4 is 14.8 Å². The van der Waals surface area contributed by atoms with Crippen LogP contribution in [0.3, 0.4) is 0 Å². The Hall–Kier alpha value is -2.14. The quantitative estimate of drug-likeness (QED) is 0.568. The molecule has 2 aromatic carbocycles. The fourth-order valence-electron chi connectivity index (χ4n) is 2.41. The van der Waals surface area contributed by atoms with Crippen LogP contribution in [-0.4, -0.2) is 30.6 Å². The zero-order valence-electron chi connectivity index (χ0n) is 15.5. The number of carbonyl (C=O) groups is 1. The second-order valence-electron chi connectivity index (χ2n) is 5.85. The molecule has 0 aliphatic heterocycles. The second-order valence-corrected chi connectivity index (χ2v) is 6.96. The third-order valence-corrected chi connectivity index (χ3v) is 4.77. The predicted molar refractivity (Wildman–Crippen MR) is 109 cm³/mol. The lowest BCUT2D eigenvalue weighted by Gasteiger charge is -2.11. The summed E-state index contributed by atoms with van der Waals surface area (Å²) >= 11 is 1.64. The number of unbranched alkanes of at least 4 members (excludes halogenated alkanes) is 1. The van der Waals surface area contributed by atoms with Crippen LogP contribution in [0.1, 0.15) is 25.3 Å². The van der Waals surface area contributed by atoms with E-state index < -0.39 is 0 Å². The molecule has 4 nitrogen and oxygen atoms in total. The average molecular weight is 374 g/mol. The van der Waals surface area contributed by atoms with E-state index in [1.54, 1.807) is 11.8 Å². The van der Waals surface area contributed by atoms with Crippen molar-refractivity contribution in [3.63, 3.8) is 0 Å². The third-order valence-electron chi connectivity index (χ3n) is 3.73. The van der Waals surface area contributed by atoms with Gasteiger partial charge in [0, 0.05) is 0 Å². The molecule has 0 heterocycles. The number of thioether (sulfide) groups is 1. The van der Waals surface area contributed by atoms with Crippen LogP contribution in [0.5, 0.6) is 11.5 Å². The zero-order valence-corrected chi connectivity index (χ0v) is 16.3. The maximum absolute atomic E-state index is 12.1. The van der Waals surface area contributed by atoms with E-state index >= 15 is 0 Å². The number of benzene rings is 2. The number of para-hydroxylation sites is 3. The maximum atomic E-state index is 12.1. The summed E-state index contributed by atoms with van der Waals surface area (Å²) in [4.78, 5) is 12.1. The number of hydrogen-bond donors (Lipinski definition) is 1. The molecule has 26 heavy (non-hydrogen) atoms. The lowest BCUT2D eigenvalue weighted by atomic mass is 10.2. The molecule has 5 heteroatoms. The molecule has 1 amide bonds. The number of anilines is 1. The highest BCUT2D eigenvalue weighted by molar-refractivity contribution is 7.99. The van der Waals surface area contributed by atoms with Gasteiger partial charge in [-0.25, -0.2) is 0 Å². The van der Waals surface area contributed by atoms with E-state index in [9.17, 15) is 4.79 Å². The fourth-order valence-corrected chi connectivity index (χ4v) is 3.22. The molecule has 0 aromatic heterocycles. The van der Waals surface area contributed by atoms with Gasteiger partial charge in [0.1, 0.15) is 11.5 Å². The molecule has 0 radical (unpaired) electrons. The summed E-state index contributed by atoms with van der Waals surface area (Å²) in [6.07, 6.45) is 2.01. The van der Waals surface area contributed by atoms with Gasteiger partial charge in [0.2, 0.25) is 5.91 Å². The first kappa shape index (κ1) is 20.2. The molecule has 0 saturated heterocycles. The summed E-state index contributed by atoms with van der Waals surface area (Å²) in [6, 6.07) is 15.5. The predicted octanol–water partition coefficient (Wildman–Crippen LogP) is 4.92. The van der Waals surface area contributed by atoms with Gasteiger partial charge in [0.15, 0.2) is 0 Å². The SMILES string of the molecule is CCOc1ccccc1NC(=O)CSCCCCOc1ccccc1C. The van der Waals surface area contributed by atoms with Gasteiger partial charge in [-0.15, -0.1) is 0 Å². The van der Waals surface area contributed by atoms with Gasteiger partial charge in [0.05, 0.1) is 24.7 Å². The number of carbonyl (C=O) groups excluding carboxylic acids is 1. The van der Waals surface area contributed by atoms with Gasteiger partial charge in [-0.2, -0.15) is 11.8 Å². The first-order valence-corrected chi connectivity index (χ1v) is 10.1. The normalized spacial score (nSPS) is 10.4. The molecule has 140 valence electrons. The Labute approximate surface area is 160 Å². The van der Waals surface area contributed by atoms with Crippen molar-refractivity contribution in [1.82, 2.24) is 0 Å². The molecular weight excluding hydrogens is 346 g/mol. The Morgan fingerprint density at radius 3 is 2.50 bits per heavy atom. The van der Waals surface area contributed by atoms with Crippen LogP contribution in [0, 0.1) is 6.92 Å². The van der Waals surface area contributed by atoms with Gasteiger partial charge in [-0.1, -0.05) is 30.3 Å². The summed E-state index contributed by atoms with van der Waals surface area (Å²) in [5.74, 6) is 3.05. The Morgan fingerprint density at radius 1 is 1.00 bits per heavy atom. The van der Waals surface area contributed by atoms with Gasteiger partial charge >= 0.3 is 0 Å². The Balaban J connectivity index is 1.58. The molecule has 0 aliphatic carbocycles. The monoisotopic (exact) mass is 373 g/mol. The van der Waals surface area contributed by atoms with Crippen molar-refractivity contribution in [3.8, 4) is 11.5 Å². The zero-order chi connectivity index (χ0) is 18.6. The van der Waals surface area contributed by atoms with Crippen molar-refractivity contribution < 1.29 is 14.3 Å². The van der Waals surface area contributed by atoms with Crippen molar-refractivity contribution in [1.29, 1.82) is 0 Å². The van der Waals surface area contributed by atoms with Gasteiger partial charge < -0.3 is 14.8 Å². The van der Waals surface area contributed by atoms with Crippen LogP contribution in [-0.2, 0) is 4.79 Å². The minimum atomic E-state index is -0.00156. The van der Waals surface area contributed by atoms with Crippen LogP contribution in [0.4, 0.5) is 5.69 Å². The highest BCUT2D eigenvalue weighted by Crippen LogP contribution is 2.24.